The van der Waals surface area contributed by atoms with Gasteiger partial charge in [-0.05, 0) is 32.5 Å². The van der Waals surface area contributed by atoms with Crippen molar-refractivity contribution in [3.8, 4) is 0 Å². The molecule has 0 bridgehead atoms. The number of morpholine rings is 1. The van der Waals surface area contributed by atoms with Crippen LogP contribution in [-0.2, 0) is 11.2 Å². The third-order valence-electron chi connectivity index (χ3n) is 5.60. The maximum atomic E-state index is 13.7. The third kappa shape index (κ3) is 4.83. The van der Waals surface area contributed by atoms with Gasteiger partial charge >= 0.3 is 0 Å². The first-order valence-corrected chi connectivity index (χ1v) is 9.73. The van der Waals surface area contributed by atoms with Crippen molar-refractivity contribution in [3.63, 3.8) is 0 Å². The van der Waals surface area contributed by atoms with E-state index in [0.717, 1.165) is 44.8 Å². The molecule has 1 heterocycles. The molecule has 2 aromatic rings. The smallest absolute Gasteiger partial charge is 0.183 e. The lowest BCUT2D eigenvalue weighted by Crippen LogP contribution is -2.55. The predicted molar refractivity (Wildman–Crippen MR) is 109 cm³/mol. The number of ether oxygens (including phenoxy) is 1. The van der Waals surface area contributed by atoms with Gasteiger partial charge in [0.05, 0.1) is 18.8 Å². The normalized spacial score (nSPS) is 17.6. The van der Waals surface area contributed by atoms with E-state index in [1.807, 2.05) is 62.6 Å². The number of hydrogen-bond acceptors (Lipinski definition) is 4. The van der Waals surface area contributed by atoms with Crippen molar-refractivity contribution >= 4 is 5.78 Å². The van der Waals surface area contributed by atoms with Crippen LogP contribution >= 0.6 is 0 Å². The first kappa shape index (κ1) is 19.7. The number of hydrogen-bond donors (Lipinski definition) is 0. The highest BCUT2D eigenvalue weighted by Crippen LogP contribution is 2.28. The van der Waals surface area contributed by atoms with Crippen molar-refractivity contribution in [2.75, 3.05) is 46.9 Å². The van der Waals surface area contributed by atoms with Crippen LogP contribution in [0.5, 0.6) is 0 Å². The number of benzene rings is 2. The van der Waals surface area contributed by atoms with Crippen molar-refractivity contribution in [1.29, 1.82) is 0 Å². The molecule has 4 nitrogen and oxygen atoms in total. The summed E-state index contributed by atoms with van der Waals surface area (Å²) < 4.78 is 5.47. The molecule has 1 aliphatic rings. The molecule has 1 saturated heterocycles. The summed E-state index contributed by atoms with van der Waals surface area (Å²) in [5.41, 5.74) is 1.41. The zero-order valence-corrected chi connectivity index (χ0v) is 16.4. The lowest BCUT2D eigenvalue weighted by molar-refractivity contribution is 0.0263. The molecule has 27 heavy (non-hydrogen) atoms. The van der Waals surface area contributed by atoms with Crippen LogP contribution in [0.25, 0.3) is 0 Å². The average molecular weight is 367 g/mol. The van der Waals surface area contributed by atoms with Crippen LogP contribution in [0.1, 0.15) is 22.3 Å². The van der Waals surface area contributed by atoms with Crippen molar-refractivity contribution in [2.24, 2.45) is 0 Å². The van der Waals surface area contributed by atoms with Gasteiger partial charge in [0.2, 0.25) is 0 Å². The van der Waals surface area contributed by atoms with E-state index in [-0.39, 0.29) is 5.78 Å². The van der Waals surface area contributed by atoms with E-state index in [2.05, 4.69) is 21.9 Å². The molecule has 1 atom stereocenters. The minimum absolute atomic E-state index is 0.199. The quantitative estimate of drug-likeness (QED) is 0.672. The molecule has 0 N–H and O–H groups in total. The molecule has 0 aliphatic carbocycles. The molecule has 3 rings (SSSR count). The lowest BCUT2D eigenvalue weighted by Gasteiger charge is -2.41. The predicted octanol–water partition coefficient (Wildman–Crippen LogP) is 3.13. The Morgan fingerprint density at radius 2 is 1.59 bits per heavy atom. The first-order chi connectivity index (χ1) is 13.1. The topological polar surface area (TPSA) is 32.8 Å². The summed E-state index contributed by atoms with van der Waals surface area (Å²) in [6, 6.07) is 20.1. The molecule has 0 aromatic heterocycles. The number of nitrogens with zero attached hydrogens (tertiary/aromatic N) is 2. The van der Waals surface area contributed by atoms with E-state index in [4.69, 9.17) is 4.74 Å². The molecule has 0 spiro atoms. The summed E-state index contributed by atoms with van der Waals surface area (Å²) >= 11 is 0. The fourth-order valence-corrected chi connectivity index (χ4v) is 3.83. The van der Waals surface area contributed by atoms with Crippen LogP contribution in [0.3, 0.4) is 0 Å². The van der Waals surface area contributed by atoms with Crippen molar-refractivity contribution in [3.05, 3.63) is 71.8 Å². The highest BCUT2D eigenvalue weighted by molar-refractivity contribution is 6.03. The molecule has 1 unspecified atom stereocenters. The number of ketones is 1. The second-order valence-corrected chi connectivity index (χ2v) is 7.49. The molecule has 1 fully saturated rings. The van der Waals surface area contributed by atoms with Gasteiger partial charge in [-0.3, -0.25) is 14.6 Å². The fourth-order valence-electron chi connectivity index (χ4n) is 3.83. The van der Waals surface area contributed by atoms with E-state index in [9.17, 15) is 4.79 Å². The highest BCUT2D eigenvalue weighted by atomic mass is 16.5. The maximum Gasteiger partial charge on any atom is 0.183 e. The molecular formula is C23H30N2O2. The number of rotatable bonds is 8. The number of likely N-dealkylation sites (N-methyl/N-ethyl adjacent to an activating group) is 1. The maximum absolute atomic E-state index is 13.7. The molecule has 0 radical (unpaired) electrons. The summed E-state index contributed by atoms with van der Waals surface area (Å²) in [5, 5.41) is 0. The van der Waals surface area contributed by atoms with Crippen LogP contribution in [0.4, 0.5) is 0 Å². The Hall–Kier alpha value is -2.01. The van der Waals surface area contributed by atoms with Crippen LogP contribution in [0.15, 0.2) is 60.7 Å². The van der Waals surface area contributed by atoms with E-state index in [0.29, 0.717) is 6.42 Å². The Morgan fingerprint density at radius 1 is 1.00 bits per heavy atom. The van der Waals surface area contributed by atoms with E-state index in [1.165, 1.54) is 5.56 Å². The van der Waals surface area contributed by atoms with E-state index in [1.54, 1.807) is 0 Å². The summed E-state index contributed by atoms with van der Waals surface area (Å²) in [6.45, 7) is 4.33. The molecular weight excluding hydrogens is 336 g/mol. The fraction of sp³-hybridized carbons (Fsp3) is 0.435. The van der Waals surface area contributed by atoms with Crippen LogP contribution in [0.2, 0.25) is 0 Å². The number of carbonyl (C=O) groups is 1. The zero-order valence-electron chi connectivity index (χ0n) is 16.4. The molecule has 144 valence electrons. The minimum Gasteiger partial charge on any atom is -0.379 e. The van der Waals surface area contributed by atoms with Gasteiger partial charge in [-0.25, -0.2) is 0 Å². The minimum atomic E-state index is -0.568. The van der Waals surface area contributed by atoms with Gasteiger partial charge in [-0.2, -0.15) is 0 Å². The van der Waals surface area contributed by atoms with Crippen molar-refractivity contribution in [2.45, 2.75) is 18.4 Å². The Morgan fingerprint density at radius 3 is 2.19 bits per heavy atom. The second kappa shape index (κ2) is 9.27. The summed E-state index contributed by atoms with van der Waals surface area (Å²) in [7, 11) is 4.06. The van der Waals surface area contributed by atoms with Gasteiger partial charge in [-0.15, -0.1) is 0 Å². The average Bonchev–Trinajstić information content (AvgIpc) is 2.72. The van der Waals surface area contributed by atoms with Crippen LogP contribution in [-0.4, -0.2) is 68.1 Å². The molecule has 2 aromatic carbocycles. The van der Waals surface area contributed by atoms with Crippen LogP contribution in [0, 0.1) is 0 Å². The number of carbonyl (C=O) groups excluding carboxylic acids is 1. The molecule has 0 saturated carbocycles. The Bertz CT molecular complexity index is 712. The van der Waals surface area contributed by atoms with Gasteiger partial charge in [-0.1, -0.05) is 60.7 Å². The lowest BCUT2D eigenvalue weighted by atomic mass is 9.79. The highest BCUT2D eigenvalue weighted by Gasteiger charge is 2.41. The van der Waals surface area contributed by atoms with Gasteiger partial charge in [0.15, 0.2) is 5.78 Å². The zero-order chi connectivity index (χ0) is 19.1. The van der Waals surface area contributed by atoms with Gasteiger partial charge < -0.3 is 4.74 Å². The summed E-state index contributed by atoms with van der Waals surface area (Å²) in [6.07, 6.45) is 1.50. The SMILES string of the molecule is CN(C)C(CCN1CCOCC1)(Cc1ccccc1)C(=O)c1ccccc1. The number of Topliss-reactive ketones (excluding diaryl/α,β-unsaturated/α-hetero) is 1. The van der Waals surface area contributed by atoms with Gasteiger partial charge in [0.25, 0.3) is 0 Å². The summed E-state index contributed by atoms with van der Waals surface area (Å²) in [5.74, 6) is 0.199. The van der Waals surface area contributed by atoms with Crippen LogP contribution < -0.4 is 0 Å². The molecule has 4 heteroatoms. The third-order valence-corrected chi connectivity index (χ3v) is 5.60. The summed E-state index contributed by atoms with van der Waals surface area (Å²) in [4.78, 5) is 18.2. The Kier molecular flexibility index (Phi) is 6.78. The van der Waals surface area contributed by atoms with E-state index >= 15 is 0 Å². The van der Waals surface area contributed by atoms with Crippen molar-refractivity contribution in [1.82, 2.24) is 9.80 Å². The Balaban J connectivity index is 1.90. The molecule has 0 amide bonds. The molecule has 1 aliphatic heterocycles. The van der Waals surface area contributed by atoms with E-state index < -0.39 is 5.54 Å². The van der Waals surface area contributed by atoms with Crippen molar-refractivity contribution < 1.29 is 9.53 Å². The Labute approximate surface area is 162 Å². The monoisotopic (exact) mass is 366 g/mol. The van der Waals surface area contributed by atoms with Gasteiger partial charge in [0, 0.05) is 25.2 Å². The standard InChI is InChI=1S/C23H30N2O2/c1-24(2)23(19-20-9-5-3-6-10-20,13-14-25-15-17-27-18-16-25)22(26)21-11-7-4-8-12-21/h3-12H,13-19H2,1-2H3. The van der Waals surface area contributed by atoms with Gasteiger partial charge in [0.1, 0.15) is 0 Å². The largest absolute Gasteiger partial charge is 0.379 e. The first-order valence-electron chi connectivity index (χ1n) is 9.73. The second-order valence-electron chi connectivity index (χ2n) is 7.49.